The van der Waals surface area contributed by atoms with Gasteiger partial charge in [0.15, 0.2) is 0 Å². The zero-order valence-corrected chi connectivity index (χ0v) is 35.9. The number of aromatic nitrogens is 4. The van der Waals surface area contributed by atoms with Crippen molar-refractivity contribution in [1.82, 2.24) is 40.4 Å². The third kappa shape index (κ3) is 8.55. The number of benzene rings is 3. The molecule has 59 heavy (non-hydrogen) atoms. The highest BCUT2D eigenvalue weighted by atomic mass is 28.3. The van der Waals surface area contributed by atoms with Crippen LogP contribution in [0.1, 0.15) is 57.3 Å². The van der Waals surface area contributed by atoms with E-state index < -0.39 is 38.4 Å². The van der Waals surface area contributed by atoms with E-state index in [9.17, 15) is 19.2 Å². The summed E-state index contributed by atoms with van der Waals surface area (Å²) in [5, 5.41) is 7.52. The van der Waals surface area contributed by atoms with Crippen LogP contribution in [0.15, 0.2) is 60.8 Å². The second-order valence-corrected chi connectivity index (χ2v) is 21.8. The summed E-state index contributed by atoms with van der Waals surface area (Å²) in [4.78, 5) is 72.3. The number of hydrogen-bond donors (Lipinski definition) is 4. The van der Waals surface area contributed by atoms with Crippen molar-refractivity contribution in [2.45, 2.75) is 83.0 Å². The van der Waals surface area contributed by atoms with Crippen LogP contribution in [-0.2, 0) is 23.8 Å². The number of H-pyrrole nitrogens is 2. The van der Waals surface area contributed by atoms with Crippen LogP contribution in [0.2, 0.25) is 19.1 Å². The van der Waals surface area contributed by atoms with Gasteiger partial charge in [-0.25, -0.2) is 19.6 Å². The summed E-state index contributed by atoms with van der Waals surface area (Å²) in [5.74, 6) is 0.961. The fourth-order valence-electron chi connectivity index (χ4n) is 8.43. The topological polar surface area (TPSA) is 184 Å². The Morgan fingerprint density at radius 1 is 0.780 bits per heavy atom. The Labute approximate surface area is 344 Å². The molecule has 0 saturated carbocycles. The maximum absolute atomic E-state index is 13.9. The lowest BCUT2D eigenvalue weighted by Gasteiger charge is -2.30. The molecule has 3 aromatic carbocycles. The van der Waals surface area contributed by atoms with Gasteiger partial charge in [-0.1, -0.05) is 57.3 Å². The fraction of sp³-hybridized carbons (Fsp3) is 0.442. The number of ether oxygens (including phenoxy) is 3. The Hall–Kier alpha value is -5.74. The van der Waals surface area contributed by atoms with Crippen LogP contribution in [0.5, 0.6) is 0 Å². The zero-order valence-electron chi connectivity index (χ0n) is 34.9. The molecule has 2 aromatic heterocycles. The van der Waals surface area contributed by atoms with Crippen molar-refractivity contribution in [2.75, 3.05) is 34.0 Å². The van der Waals surface area contributed by atoms with Gasteiger partial charge in [0.05, 0.1) is 57.2 Å². The molecule has 2 aliphatic rings. The Morgan fingerprint density at radius 2 is 1.41 bits per heavy atom. The van der Waals surface area contributed by atoms with Gasteiger partial charge in [0.2, 0.25) is 11.8 Å². The third-order valence-electron chi connectivity index (χ3n) is 11.7. The molecule has 16 heteroatoms. The summed E-state index contributed by atoms with van der Waals surface area (Å²) >= 11 is 0. The number of nitrogens with one attached hydrogen (secondary N) is 4. The first-order valence-corrected chi connectivity index (χ1v) is 23.5. The van der Waals surface area contributed by atoms with E-state index in [0.29, 0.717) is 18.5 Å². The molecule has 0 spiro atoms. The van der Waals surface area contributed by atoms with Gasteiger partial charge in [0.1, 0.15) is 23.7 Å². The normalized spacial score (nSPS) is 19.2. The highest BCUT2D eigenvalue weighted by molar-refractivity contribution is 6.78. The number of rotatable bonds is 11. The van der Waals surface area contributed by atoms with Crippen LogP contribution in [0.4, 0.5) is 9.59 Å². The van der Waals surface area contributed by atoms with Gasteiger partial charge in [-0.3, -0.25) is 9.59 Å². The van der Waals surface area contributed by atoms with E-state index >= 15 is 0 Å². The molecule has 4 amide bonds. The fourth-order valence-corrected chi connectivity index (χ4v) is 11.3. The van der Waals surface area contributed by atoms with Gasteiger partial charge in [-0.15, -0.1) is 0 Å². The van der Waals surface area contributed by atoms with E-state index in [-0.39, 0.29) is 29.8 Å². The number of carbonyl (C=O) groups excluding carboxylic acids is 4. The van der Waals surface area contributed by atoms with Crippen LogP contribution in [0.3, 0.4) is 0 Å². The standard InChI is InChI=1S/C43H54N8O7Si/c1-24(2)36(48-42(54)57-5)40(52)51-23-59(7,8)22-35(51)38-44-21-33(47-38)30-14-13-26-18-27(11-12-28(26)19-30)29-15-16-31-32(20-29)46-39(45-31)34-10-9-17-50(34)41(53)37(25(3)56-4)49-43(55)58-6/h11-16,18-21,24-25,34-37H,9-10,17,22-23H2,1-8H3,(H,44,47)(H,45,46)(H,48,54)(H,49,55)/t25?,34-,35-,36-,37-/m0/s1. The Balaban J connectivity index is 1.09. The van der Waals surface area contributed by atoms with E-state index in [0.717, 1.165) is 68.9 Å². The quantitative estimate of drug-likeness (QED) is 0.105. The molecule has 15 nitrogen and oxygen atoms in total. The summed E-state index contributed by atoms with van der Waals surface area (Å²) < 4.78 is 15.0. The predicted octanol–water partition coefficient (Wildman–Crippen LogP) is 6.71. The number of hydrogen-bond acceptors (Lipinski definition) is 9. The molecule has 1 unspecified atom stereocenters. The number of imidazole rings is 2. The number of nitrogens with zero attached hydrogens (tertiary/aromatic N) is 4. The number of likely N-dealkylation sites (tertiary alicyclic amines) is 1. The third-order valence-corrected chi connectivity index (χ3v) is 14.4. The smallest absolute Gasteiger partial charge is 0.407 e. The number of amides is 4. The summed E-state index contributed by atoms with van der Waals surface area (Å²) in [5.41, 5.74) is 5.49. The summed E-state index contributed by atoms with van der Waals surface area (Å²) in [7, 11) is 2.30. The van der Waals surface area contributed by atoms with Crippen molar-refractivity contribution in [2.24, 2.45) is 5.92 Å². The van der Waals surface area contributed by atoms with Crippen molar-refractivity contribution in [3.05, 3.63) is 72.4 Å². The number of fused-ring (bicyclic) bond motifs is 2. The van der Waals surface area contributed by atoms with Crippen LogP contribution < -0.4 is 10.6 Å². The first-order valence-electron chi connectivity index (χ1n) is 20.1. The maximum Gasteiger partial charge on any atom is 0.407 e. The van der Waals surface area contributed by atoms with Gasteiger partial charge in [-0.2, -0.15) is 0 Å². The highest BCUT2D eigenvalue weighted by Crippen LogP contribution is 2.39. The van der Waals surface area contributed by atoms with Crippen molar-refractivity contribution >= 4 is 53.9 Å². The molecule has 5 atom stereocenters. The molecule has 0 aliphatic carbocycles. The average Bonchev–Trinajstić information content (AvgIpc) is 4.05. The minimum Gasteiger partial charge on any atom is -0.453 e. The highest BCUT2D eigenvalue weighted by Gasteiger charge is 2.46. The molecule has 312 valence electrons. The summed E-state index contributed by atoms with van der Waals surface area (Å²) in [6, 6.07) is 17.6. The molecule has 0 radical (unpaired) electrons. The van der Waals surface area contributed by atoms with E-state index in [2.05, 4.69) is 82.2 Å². The number of aromatic amines is 2. The molecule has 7 rings (SSSR count). The van der Waals surface area contributed by atoms with Crippen LogP contribution in [-0.4, -0.2) is 114 Å². The molecular weight excluding hydrogens is 769 g/mol. The van der Waals surface area contributed by atoms with Gasteiger partial charge < -0.3 is 44.6 Å². The largest absolute Gasteiger partial charge is 0.453 e. The second kappa shape index (κ2) is 16.9. The molecular formula is C43H54N8O7Si. The van der Waals surface area contributed by atoms with Crippen molar-refractivity contribution in [3.63, 3.8) is 0 Å². The number of carbonyl (C=O) groups is 4. The molecule has 5 aromatic rings. The first-order chi connectivity index (χ1) is 28.2. The Bertz CT molecular complexity index is 2380. The van der Waals surface area contributed by atoms with Crippen molar-refractivity contribution in [1.29, 1.82) is 0 Å². The second-order valence-electron chi connectivity index (χ2n) is 16.8. The molecule has 2 saturated heterocycles. The lowest BCUT2D eigenvalue weighted by molar-refractivity contribution is -0.137. The van der Waals surface area contributed by atoms with E-state index in [1.165, 1.54) is 21.3 Å². The average molecular weight is 823 g/mol. The molecule has 4 heterocycles. The van der Waals surface area contributed by atoms with Gasteiger partial charge in [-0.05, 0) is 77.9 Å². The number of alkyl carbamates (subject to hydrolysis) is 2. The lowest BCUT2D eigenvalue weighted by Crippen LogP contribution is -2.54. The van der Waals surface area contributed by atoms with Gasteiger partial charge in [0, 0.05) is 31.6 Å². The monoisotopic (exact) mass is 822 g/mol. The van der Waals surface area contributed by atoms with Crippen LogP contribution in [0, 0.1) is 5.92 Å². The van der Waals surface area contributed by atoms with Crippen molar-refractivity contribution in [3.8, 4) is 22.4 Å². The summed E-state index contributed by atoms with van der Waals surface area (Å²) in [6.45, 7) is 10.7. The molecule has 0 bridgehead atoms. The van der Waals surface area contributed by atoms with Gasteiger partial charge in [0.25, 0.3) is 0 Å². The van der Waals surface area contributed by atoms with Crippen molar-refractivity contribution < 1.29 is 33.4 Å². The zero-order chi connectivity index (χ0) is 42.2. The minimum absolute atomic E-state index is 0.116. The van der Waals surface area contributed by atoms with Crippen LogP contribution >= 0.6 is 0 Å². The molecule has 4 N–H and O–H groups in total. The Kier molecular flexibility index (Phi) is 11.8. The maximum atomic E-state index is 13.9. The summed E-state index contributed by atoms with van der Waals surface area (Å²) in [6.07, 6.45) is 2.25. The number of methoxy groups -OCH3 is 3. The SMILES string of the molecule is COC(=O)N[C@H](C(=O)N1C[Si](C)(C)C[C@H]1c1nc(-c2ccc3cc(-c4ccc5nc([C@@H]6CCCN6C(=O)[C@@H](NC(=O)OC)C(C)OC)[nH]c5c4)ccc3c2)c[nH]1)C(C)C. The Morgan fingerprint density at radius 3 is 2.08 bits per heavy atom. The van der Waals surface area contributed by atoms with E-state index in [4.69, 9.17) is 24.2 Å². The molecule has 2 aliphatic heterocycles. The minimum atomic E-state index is -1.76. The lowest BCUT2D eigenvalue weighted by atomic mass is 9.99. The van der Waals surface area contributed by atoms with Gasteiger partial charge >= 0.3 is 12.2 Å². The van der Waals surface area contributed by atoms with E-state index in [1.54, 1.807) is 11.8 Å². The van der Waals surface area contributed by atoms with Crippen LogP contribution in [0.25, 0.3) is 44.2 Å². The molecule has 2 fully saturated rings. The predicted molar refractivity (Wildman–Crippen MR) is 227 cm³/mol. The first kappa shape index (κ1) is 41.4. The van der Waals surface area contributed by atoms with E-state index in [1.807, 2.05) is 31.0 Å².